The Morgan fingerprint density at radius 2 is 1.81 bits per heavy atom. The number of hydrogen-bond donors (Lipinski definition) is 1. The molecule has 1 atom stereocenters. The minimum absolute atomic E-state index is 0.116. The van der Waals surface area contributed by atoms with Crippen molar-refractivity contribution in [2.24, 2.45) is 0 Å². The van der Waals surface area contributed by atoms with Crippen LogP contribution in [-0.4, -0.2) is 53.8 Å². The number of nitrogens with zero attached hydrogens (tertiary/aromatic N) is 1. The molecule has 3 rings (SSSR count). The lowest BCUT2D eigenvalue weighted by Crippen LogP contribution is -2.42. The van der Waals surface area contributed by atoms with Crippen molar-refractivity contribution in [1.29, 1.82) is 0 Å². The number of amides is 3. The molecule has 11 heteroatoms. The summed E-state index contributed by atoms with van der Waals surface area (Å²) in [5, 5.41) is 2.32. The van der Waals surface area contributed by atoms with Crippen LogP contribution in [0.4, 0.5) is 10.5 Å². The van der Waals surface area contributed by atoms with E-state index in [4.69, 9.17) is 25.8 Å². The average molecular weight is 547 g/mol. The van der Waals surface area contributed by atoms with Crippen molar-refractivity contribution in [2.45, 2.75) is 33.7 Å². The van der Waals surface area contributed by atoms with Crippen molar-refractivity contribution in [3.63, 3.8) is 0 Å². The highest BCUT2D eigenvalue weighted by molar-refractivity contribution is 8.18. The molecule has 0 unspecified atom stereocenters. The summed E-state index contributed by atoms with van der Waals surface area (Å²) in [4.78, 5) is 50.7. The molecule has 0 aromatic heterocycles. The molecule has 37 heavy (non-hydrogen) atoms. The number of anilines is 1. The van der Waals surface area contributed by atoms with Gasteiger partial charge < -0.3 is 19.5 Å². The first-order valence-electron chi connectivity index (χ1n) is 11.5. The van der Waals surface area contributed by atoms with E-state index in [1.807, 2.05) is 19.1 Å². The standard InChI is InChI=1S/C26H27ClN2O7S/c1-5-34-20-12-17(13-21-24(31)29(26(33)37-21)16(4)25(32)35-6-2)11-19(27)23(20)36-14-22(30)28-18-9-7-15(3)8-10-18/h7-13,16H,5-6,14H2,1-4H3,(H,28,30)/b21-13+/t16-/m0/s1. The number of nitrogens with one attached hydrogen (secondary N) is 1. The number of thioether (sulfide) groups is 1. The maximum absolute atomic E-state index is 12.9. The third-order valence-electron chi connectivity index (χ3n) is 5.15. The molecular formula is C26H27ClN2O7S. The van der Waals surface area contributed by atoms with Gasteiger partial charge in [0.2, 0.25) is 0 Å². The number of ether oxygens (including phenoxy) is 3. The number of benzene rings is 2. The van der Waals surface area contributed by atoms with E-state index in [0.29, 0.717) is 29.6 Å². The Morgan fingerprint density at radius 1 is 1.11 bits per heavy atom. The quantitative estimate of drug-likeness (QED) is 0.325. The second-order valence-electron chi connectivity index (χ2n) is 7.95. The van der Waals surface area contributed by atoms with Crippen LogP contribution in [0.5, 0.6) is 11.5 Å². The van der Waals surface area contributed by atoms with Crippen molar-refractivity contribution < 1.29 is 33.4 Å². The molecule has 1 aliphatic rings. The largest absolute Gasteiger partial charge is 0.490 e. The third kappa shape index (κ3) is 7.05. The predicted molar refractivity (Wildman–Crippen MR) is 142 cm³/mol. The summed E-state index contributed by atoms with van der Waals surface area (Å²) < 4.78 is 16.2. The van der Waals surface area contributed by atoms with E-state index in [0.717, 1.165) is 10.5 Å². The molecule has 0 aliphatic carbocycles. The molecule has 0 radical (unpaired) electrons. The first-order valence-corrected chi connectivity index (χ1v) is 12.7. The zero-order valence-corrected chi connectivity index (χ0v) is 22.4. The number of esters is 1. The van der Waals surface area contributed by atoms with E-state index in [-0.39, 0.29) is 40.5 Å². The summed E-state index contributed by atoms with van der Waals surface area (Å²) >= 11 is 7.15. The lowest BCUT2D eigenvalue weighted by molar-refractivity contribution is -0.150. The number of imide groups is 1. The monoisotopic (exact) mass is 546 g/mol. The van der Waals surface area contributed by atoms with E-state index < -0.39 is 23.2 Å². The van der Waals surface area contributed by atoms with Crippen LogP contribution < -0.4 is 14.8 Å². The summed E-state index contributed by atoms with van der Waals surface area (Å²) in [7, 11) is 0. The normalized spacial score (nSPS) is 15.1. The lowest BCUT2D eigenvalue weighted by atomic mass is 10.1. The first-order chi connectivity index (χ1) is 17.6. The predicted octanol–water partition coefficient (Wildman–Crippen LogP) is 5.05. The Kier molecular flexibility index (Phi) is 9.60. The third-order valence-corrected chi connectivity index (χ3v) is 6.32. The van der Waals surface area contributed by atoms with Crippen LogP contribution >= 0.6 is 23.4 Å². The summed E-state index contributed by atoms with van der Waals surface area (Å²) in [5.74, 6) is -1.22. The average Bonchev–Trinajstić information content (AvgIpc) is 3.12. The molecule has 0 spiro atoms. The van der Waals surface area contributed by atoms with Gasteiger partial charge in [0.15, 0.2) is 18.1 Å². The van der Waals surface area contributed by atoms with Gasteiger partial charge in [-0.05, 0) is 75.4 Å². The highest BCUT2D eigenvalue weighted by Gasteiger charge is 2.41. The van der Waals surface area contributed by atoms with Crippen LogP contribution in [0.2, 0.25) is 5.02 Å². The number of carbonyl (C=O) groups excluding carboxylic acids is 4. The highest BCUT2D eigenvalue weighted by atomic mass is 35.5. The van der Waals surface area contributed by atoms with Crippen molar-refractivity contribution in [3.05, 3.63) is 57.5 Å². The highest BCUT2D eigenvalue weighted by Crippen LogP contribution is 2.39. The van der Waals surface area contributed by atoms with Crippen LogP contribution in [0, 0.1) is 6.92 Å². The number of hydrogen-bond acceptors (Lipinski definition) is 8. The summed E-state index contributed by atoms with van der Waals surface area (Å²) in [5.41, 5.74) is 2.18. The van der Waals surface area contributed by atoms with Crippen molar-refractivity contribution in [1.82, 2.24) is 4.90 Å². The van der Waals surface area contributed by atoms with Crippen LogP contribution in [0.3, 0.4) is 0 Å². The maximum Gasteiger partial charge on any atom is 0.329 e. The molecule has 2 aromatic rings. The van der Waals surface area contributed by atoms with Crippen LogP contribution in [0.1, 0.15) is 31.9 Å². The van der Waals surface area contributed by atoms with Gasteiger partial charge in [-0.3, -0.25) is 19.3 Å². The Hall–Kier alpha value is -3.50. The zero-order chi connectivity index (χ0) is 27.1. The van der Waals surface area contributed by atoms with Gasteiger partial charge in [0, 0.05) is 5.69 Å². The molecule has 196 valence electrons. The van der Waals surface area contributed by atoms with Gasteiger partial charge in [0.25, 0.3) is 17.1 Å². The summed E-state index contributed by atoms with van der Waals surface area (Å²) in [6.45, 7) is 6.92. The molecule has 1 N–H and O–H groups in total. The molecular weight excluding hydrogens is 520 g/mol. The topological polar surface area (TPSA) is 111 Å². The zero-order valence-electron chi connectivity index (χ0n) is 20.8. The molecule has 1 fully saturated rings. The molecule has 0 bridgehead atoms. The van der Waals surface area contributed by atoms with Gasteiger partial charge in [0.05, 0.1) is 23.1 Å². The number of halogens is 1. The van der Waals surface area contributed by atoms with Gasteiger partial charge in [0.1, 0.15) is 6.04 Å². The second kappa shape index (κ2) is 12.6. The maximum atomic E-state index is 12.9. The Labute approximate surface area is 224 Å². The molecule has 0 saturated carbocycles. The molecule has 1 saturated heterocycles. The Balaban J connectivity index is 1.77. The minimum atomic E-state index is -1.05. The Morgan fingerprint density at radius 3 is 2.46 bits per heavy atom. The summed E-state index contributed by atoms with van der Waals surface area (Å²) in [6, 6.07) is 9.40. The first kappa shape index (κ1) is 28.1. The lowest BCUT2D eigenvalue weighted by Gasteiger charge is -2.19. The van der Waals surface area contributed by atoms with Gasteiger partial charge in [-0.1, -0.05) is 29.3 Å². The van der Waals surface area contributed by atoms with Crippen molar-refractivity contribution in [2.75, 3.05) is 25.1 Å². The van der Waals surface area contributed by atoms with E-state index in [1.54, 1.807) is 32.0 Å². The summed E-state index contributed by atoms with van der Waals surface area (Å²) in [6.07, 6.45) is 1.48. The number of rotatable bonds is 10. The number of carbonyl (C=O) groups is 4. The van der Waals surface area contributed by atoms with Gasteiger partial charge in [-0.15, -0.1) is 0 Å². The van der Waals surface area contributed by atoms with Crippen molar-refractivity contribution >= 4 is 58.1 Å². The Bertz CT molecular complexity index is 1230. The fraction of sp³-hybridized carbons (Fsp3) is 0.308. The van der Waals surface area contributed by atoms with Crippen LogP contribution in [0.25, 0.3) is 6.08 Å². The van der Waals surface area contributed by atoms with E-state index in [9.17, 15) is 19.2 Å². The number of aryl methyl sites for hydroxylation is 1. The van der Waals surface area contributed by atoms with E-state index >= 15 is 0 Å². The SMILES string of the molecule is CCOC(=O)[C@H](C)N1C(=O)S/C(=C/c2cc(Cl)c(OCC(=O)Nc3ccc(C)cc3)c(OCC)c2)C1=O. The fourth-order valence-corrected chi connectivity index (χ4v) is 4.56. The smallest absolute Gasteiger partial charge is 0.329 e. The molecule has 3 amide bonds. The molecule has 1 heterocycles. The van der Waals surface area contributed by atoms with E-state index in [2.05, 4.69) is 5.32 Å². The van der Waals surface area contributed by atoms with Gasteiger partial charge >= 0.3 is 5.97 Å². The molecule has 9 nitrogen and oxygen atoms in total. The van der Waals surface area contributed by atoms with E-state index in [1.165, 1.54) is 19.1 Å². The van der Waals surface area contributed by atoms with Crippen LogP contribution in [-0.2, 0) is 19.1 Å². The van der Waals surface area contributed by atoms with Gasteiger partial charge in [-0.25, -0.2) is 4.79 Å². The second-order valence-corrected chi connectivity index (χ2v) is 9.35. The fourth-order valence-electron chi connectivity index (χ4n) is 3.38. The van der Waals surface area contributed by atoms with Gasteiger partial charge in [-0.2, -0.15) is 0 Å². The van der Waals surface area contributed by atoms with Crippen molar-refractivity contribution in [3.8, 4) is 11.5 Å². The minimum Gasteiger partial charge on any atom is -0.490 e. The molecule has 1 aliphatic heterocycles. The molecule has 2 aromatic carbocycles. The van der Waals surface area contributed by atoms with Crippen LogP contribution in [0.15, 0.2) is 41.3 Å².